The van der Waals surface area contributed by atoms with Crippen LogP contribution in [-0.2, 0) is 0 Å². The molecular weight excluding hydrogens is 296 g/mol. The molecule has 0 aromatic carbocycles. The highest BCUT2D eigenvalue weighted by Crippen LogP contribution is 2.27. The number of hydrogen-bond donors (Lipinski definition) is 1. The third kappa shape index (κ3) is 2.47. The van der Waals surface area contributed by atoms with Crippen LogP contribution in [0.5, 0.6) is 5.75 Å². The Labute approximate surface area is 123 Å². The number of aromatic carboxylic acids is 1. The van der Waals surface area contributed by atoms with Gasteiger partial charge in [0.25, 0.3) is 5.91 Å². The van der Waals surface area contributed by atoms with Gasteiger partial charge in [-0.05, 0) is 0 Å². The molecule has 1 amide bonds. The number of carbonyl (C=O) groups is 2. The van der Waals surface area contributed by atoms with Gasteiger partial charge in [-0.15, -0.1) is 16.4 Å². The first-order valence-electron chi connectivity index (χ1n) is 6.15. The first kappa shape index (κ1) is 13.6. The molecular formula is C12H12N4O4S. The van der Waals surface area contributed by atoms with Crippen molar-refractivity contribution in [3.05, 3.63) is 28.2 Å². The zero-order chi connectivity index (χ0) is 15.0. The summed E-state index contributed by atoms with van der Waals surface area (Å²) in [5.41, 5.74) is -0.0947. The van der Waals surface area contributed by atoms with Crippen molar-refractivity contribution in [3.63, 3.8) is 0 Å². The van der Waals surface area contributed by atoms with Gasteiger partial charge in [0.2, 0.25) is 0 Å². The predicted octanol–water partition coefficient (Wildman–Crippen LogP) is 0.743. The maximum Gasteiger partial charge on any atom is 0.358 e. The highest BCUT2D eigenvalue weighted by molar-refractivity contribution is 7.12. The monoisotopic (exact) mass is 308 g/mol. The van der Waals surface area contributed by atoms with Crippen molar-refractivity contribution in [2.45, 2.75) is 6.04 Å². The van der Waals surface area contributed by atoms with Gasteiger partial charge in [-0.3, -0.25) is 4.79 Å². The first-order valence-corrected chi connectivity index (χ1v) is 7.03. The van der Waals surface area contributed by atoms with E-state index >= 15 is 0 Å². The number of amides is 1. The second-order valence-corrected chi connectivity index (χ2v) is 5.51. The maximum absolute atomic E-state index is 12.2. The maximum atomic E-state index is 12.2. The minimum absolute atomic E-state index is 0.0311. The smallest absolute Gasteiger partial charge is 0.358 e. The van der Waals surface area contributed by atoms with E-state index in [1.807, 2.05) is 0 Å². The fourth-order valence-electron chi connectivity index (χ4n) is 2.04. The Morgan fingerprint density at radius 1 is 1.48 bits per heavy atom. The molecule has 1 N–H and O–H groups in total. The molecule has 0 bridgehead atoms. The first-order chi connectivity index (χ1) is 10.1. The third-order valence-electron chi connectivity index (χ3n) is 3.27. The molecule has 1 fully saturated rings. The average Bonchev–Trinajstić information content (AvgIpc) is 3.05. The van der Waals surface area contributed by atoms with Gasteiger partial charge in [0.05, 0.1) is 24.2 Å². The number of carboxylic acids is 1. The molecule has 2 aromatic heterocycles. The molecule has 1 aliphatic heterocycles. The summed E-state index contributed by atoms with van der Waals surface area (Å²) in [6.07, 6.45) is 1.38. The highest BCUT2D eigenvalue weighted by atomic mass is 32.1. The molecule has 8 nitrogen and oxygen atoms in total. The van der Waals surface area contributed by atoms with Crippen LogP contribution in [0.1, 0.15) is 26.2 Å². The van der Waals surface area contributed by atoms with Crippen LogP contribution in [0.4, 0.5) is 0 Å². The van der Waals surface area contributed by atoms with Gasteiger partial charge < -0.3 is 14.7 Å². The molecule has 3 rings (SSSR count). The molecule has 0 aliphatic carbocycles. The summed E-state index contributed by atoms with van der Waals surface area (Å²) in [5.74, 6) is -0.500. The fraction of sp³-hybridized carbons (Fsp3) is 0.333. The van der Waals surface area contributed by atoms with E-state index in [0.717, 1.165) is 0 Å². The molecule has 9 heteroatoms. The SMILES string of the molecule is COc1csc(C(=O)N2CC(n3cc(C(=O)O)nn3)C2)c1. The van der Waals surface area contributed by atoms with Crippen molar-refractivity contribution >= 4 is 23.2 Å². The van der Waals surface area contributed by atoms with Gasteiger partial charge in [-0.1, -0.05) is 5.21 Å². The van der Waals surface area contributed by atoms with Gasteiger partial charge in [-0.2, -0.15) is 0 Å². The summed E-state index contributed by atoms with van der Waals surface area (Å²) in [5, 5.41) is 17.9. The van der Waals surface area contributed by atoms with Crippen LogP contribution < -0.4 is 4.74 Å². The molecule has 110 valence electrons. The van der Waals surface area contributed by atoms with E-state index in [1.165, 1.54) is 22.2 Å². The molecule has 1 aliphatic rings. The number of carboxylic acid groups (broad SMARTS) is 1. The molecule has 21 heavy (non-hydrogen) atoms. The number of thiophene rings is 1. The number of nitrogens with zero attached hydrogens (tertiary/aromatic N) is 4. The van der Waals surface area contributed by atoms with E-state index in [1.54, 1.807) is 23.5 Å². The van der Waals surface area contributed by atoms with Gasteiger partial charge in [0, 0.05) is 24.5 Å². The number of rotatable bonds is 4. The molecule has 2 aromatic rings. The standard InChI is InChI=1S/C12H12N4O4S/c1-20-8-2-10(21-6-8)11(17)15-3-7(4-15)16-5-9(12(18)19)13-14-16/h2,5-7H,3-4H2,1H3,(H,18,19). The van der Waals surface area contributed by atoms with Crippen molar-refractivity contribution in [2.75, 3.05) is 20.2 Å². The lowest BCUT2D eigenvalue weighted by molar-refractivity contribution is 0.0502. The largest absolute Gasteiger partial charge is 0.496 e. The zero-order valence-corrected chi connectivity index (χ0v) is 11.9. The van der Waals surface area contributed by atoms with E-state index in [4.69, 9.17) is 9.84 Å². The predicted molar refractivity (Wildman–Crippen MR) is 72.8 cm³/mol. The molecule has 3 heterocycles. The lowest BCUT2D eigenvalue weighted by Crippen LogP contribution is -2.50. The summed E-state index contributed by atoms with van der Waals surface area (Å²) in [7, 11) is 1.56. The second-order valence-electron chi connectivity index (χ2n) is 4.60. The lowest BCUT2D eigenvalue weighted by atomic mass is 10.1. The molecule has 1 saturated heterocycles. The minimum Gasteiger partial charge on any atom is -0.496 e. The summed E-state index contributed by atoms with van der Waals surface area (Å²) >= 11 is 1.34. The van der Waals surface area contributed by atoms with Gasteiger partial charge in [0.1, 0.15) is 5.75 Å². The number of methoxy groups -OCH3 is 1. The topological polar surface area (TPSA) is 97.5 Å². The van der Waals surface area contributed by atoms with Crippen LogP contribution in [0.25, 0.3) is 0 Å². The molecule has 0 atom stereocenters. The van der Waals surface area contributed by atoms with Gasteiger partial charge in [-0.25, -0.2) is 9.48 Å². The van der Waals surface area contributed by atoms with E-state index in [2.05, 4.69) is 10.3 Å². The lowest BCUT2D eigenvalue weighted by Gasteiger charge is -2.38. The molecule has 0 saturated carbocycles. The normalized spacial score (nSPS) is 14.8. The Morgan fingerprint density at radius 3 is 2.81 bits per heavy atom. The quantitative estimate of drug-likeness (QED) is 0.895. The third-order valence-corrected chi connectivity index (χ3v) is 4.17. The van der Waals surface area contributed by atoms with E-state index in [9.17, 15) is 9.59 Å². The summed E-state index contributed by atoms with van der Waals surface area (Å²) in [6, 6.07) is 1.68. The van der Waals surface area contributed by atoms with Crippen LogP contribution in [0.15, 0.2) is 17.6 Å². The number of ether oxygens (including phenoxy) is 1. The highest BCUT2D eigenvalue weighted by Gasteiger charge is 2.34. The van der Waals surface area contributed by atoms with Crippen LogP contribution >= 0.6 is 11.3 Å². The van der Waals surface area contributed by atoms with E-state index < -0.39 is 5.97 Å². The number of hydrogen-bond acceptors (Lipinski definition) is 6. The van der Waals surface area contributed by atoms with Crippen molar-refractivity contribution in [3.8, 4) is 5.75 Å². The number of aromatic nitrogens is 3. The Bertz CT molecular complexity index is 689. The molecule has 0 unspecified atom stereocenters. The second kappa shape index (κ2) is 5.17. The number of carbonyl (C=O) groups excluding carboxylic acids is 1. The van der Waals surface area contributed by atoms with Crippen molar-refractivity contribution in [2.24, 2.45) is 0 Å². The zero-order valence-electron chi connectivity index (χ0n) is 11.1. The van der Waals surface area contributed by atoms with E-state index in [-0.39, 0.29) is 17.6 Å². The summed E-state index contributed by atoms with van der Waals surface area (Å²) in [4.78, 5) is 25.2. The Hall–Kier alpha value is -2.42. The Balaban J connectivity index is 1.62. The summed E-state index contributed by atoms with van der Waals surface area (Å²) < 4.78 is 6.54. The average molecular weight is 308 g/mol. The van der Waals surface area contributed by atoms with Crippen molar-refractivity contribution in [1.82, 2.24) is 19.9 Å². The fourth-order valence-corrected chi connectivity index (χ4v) is 2.86. The number of likely N-dealkylation sites (tertiary alicyclic amines) is 1. The van der Waals surface area contributed by atoms with E-state index in [0.29, 0.717) is 23.7 Å². The van der Waals surface area contributed by atoms with Crippen LogP contribution in [-0.4, -0.2) is 57.1 Å². The molecule has 0 radical (unpaired) electrons. The Kier molecular flexibility index (Phi) is 3.34. The van der Waals surface area contributed by atoms with Crippen LogP contribution in [0.3, 0.4) is 0 Å². The summed E-state index contributed by atoms with van der Waals surface area (Å²) in [6.45, 7) is 0.975. The van der Waals surface area contributed by atoms with Gasteiger partial charge >= 0.3 is 5.97 Å². The Morgan fingerprint density at radius 2 is 2.24 bits per heavy atom. The van der Waals surface area contributed by atoms with Crippen molar-refractivity contribution < 1.29 is 19.4 Å². The van der Waals surface area contributed by atoms with Crippen LogP contribution in [0, 0.1) is 0 Å². The van der Waals surface area contributed by atoms with Crippen LogP contribution in [0.2, 0.25) is 0 Å². The minimum atomic E-state index is -1.11. The van der Waals surface area contributed by atoms with Crippen molar-refractivity contribution in [1.29, 1.82) is 0 Å². The van der Waals surface area contributed by atoms with Gasteiger partial charge in [0.15, 0.2) is 5.69 Å². The molecule has 0 spiro atoms.